The smallest absolute Gasteiger partial charge is 0.254 e. The van der Waals surface area contributed by atoms with Crippen molar-refractivity contribution < 1.29 is 27.1 Å². The Morgan fingerprint density at radius 3 is 2.58 bits per heavy atom. The summed E-state index contributed by atoms with van der Waals surface area (Å²) in [7, 11) is -3.53. The number of benzene rings is 1. The van der Waals surface area contributed by atoms with Gasteiger partial charge in [0.15, 0.2) is 0 Å². The van der Waals surface area contributed by atoms with E-state index in [9.17, 15) is 22.4 Å². The third-order valence-electron chi connectivity index (χ3n) is 7.59. The van der Waals surface area contributed by atoms with Crippen LogP contribution < -0.4 is 5.32 Å². The lowest BCUT2D eigenvalue weighted by Gasteiger charge is -2.33. The maximum Gasteiger partial charge on any atom is 0.254 e. The topological polar surface area (TPSA) is 97.7 Å². The van der Waals surface area contributed by atoms with Crippen molar-refractivity contribution in [2.75, 3.05) is 45.3 Å². The van der Waals surface area contributed by atoms with Gasteiger partial charge in [0, 0.05) is 42.9 Å². The fourth-order valence-corrected chi connectivity index (χ4v) is 6.89. The fourth-order valence-electron chi connectivity index (χ4n) is 5.64. The summed E-state index contributed by atoms with van der Waals surface area (Å²) >= 11 is 0. The lowest BCUT2D eigenvalue weighted by atomic mass is 9.75. The van der Waals surface area contributed by atoms with Gasteiger partial charge >= 0.3 is 0 Å². The van der Waals surface area contributed by atoms with E-state index in [0.717, 1.165) is 55.5 Å². The van der Waals surface area contributed by atoms with Gasteiger partial charge in [0.25, 0.3) is 5.91 Å². The second kappa shape index (κ2) is 11.3. The Labute approximate surface area is 212 Å². The van der Waals surface area contributed by atoms with Crippen molar-refractivity contribution >= 4 is 32.7 Å². The molecule has 198 valence electrons. The molecule has 1 aromatic heterocycles. The zero-order valence-corrected chi connectivity index (χ0v) is 21.9. The van der Waals surface area contributed by atoms with E-state index in [-0.39, 0.29) is 24.7 Å². The van der Waals surface area contributed by atoms with Gasteiger partial charge in [-0.3, -0.25) is 9.59 Å². The number of aromatic nitrogens is 1. The molecule has 0 saturated carbocycles. The lowest BCUT2D eigenvalue weighted by molar-refractivity contribution is -0.121. The highest BCUT2D eigenvalue weighted by Gasteiger charge is 2.34. The van der Waals surface area contributed by atoms with E-state index in [2.05, 4.69) is 5.32 Å². The van der Waals surface area contributed by atoms with E-state index in [1.807, 2.05) is 0 Å². The molecule has 2 heterocycles. The van der Waals surface area contributed by atoms with Crippen LogP contribution in [0.2, 0.25) is 0 Å². The van der Waals surface area contributed by atoms with Gasteiger partial charge < -0.3 is 15.0 Å². The molecule has 4 rings (SSSR count). The number of hydrogen-bond acceptors (Lipinski definition) is 5. The molecule has 8 nitrogen and oxygen atoms in total. The third kappa shape index (κ3) is 5.29. The van der Waals surface area contributed by atoms with Gasteiger partial charge in [-0.1, -0.05) is 0 Å². The van der Waals surface area contributed by atoms with Crippen molar-refractivity contribution in [3.05, 3.63) is 35.0 Å². The molecule has 2 aromatic rings. The summed E-state index contributed by atoms with van der Waals surface area (Å²) in [4.78, 5) is 26.8. The molecular weight excluding hydrogens is 485 g/mol. The number of ether oxygens (including phenoxy) is 1. The van der Waals surface area contributed by atoms with E-state index < -0.39 is 22.6 Å². The average Bonchev–Trinajstić information content (AvgIpc) is 3.24. The average molecular weight is 522 g/mol. The first-order chi connectivity index (χ1) is 17.3. The van der Waals surface area contributed by atoms with Gasteiger partial charge in [0.1, 0.15) is 6.67 Å². The van der Waals surface area contributed by atoms with Crippen molar-refractivity contribution in [2.24, 2.45) is 11.8 Å². The molecule has 1 unspecified atom stereocenters. The van der Waals surface area contributed by atoms with Crippen LogP contribution in [-0.4, -0.2) is 74.4 Å². The number of halogens is 1. The summed E-state index contributed by atoms with van der Waals surface area (Å²) in [6.07, 6.45) is 4.45. The number of carbonyl (C=O) groups is 2. The summed E-state index contributed by atoms with van der Waals surface area (Å²) < 4.78 is 45.7. The Balaban J connectivity index is 1.71. The minimum Gasteiger partial charge on any atom is -0.381 e. The molecule has 0 bridgehead atoms. The Morgan fingerprint density at radius 1 is 1.17 bits per heavy atom. The monoisotopic (exact) mass is 521 g/mol. The molecule has 1 aromatic carbocycles. The minimum atomic E-state index is -3.53. The van der Waals surface area contributed by atoms with Gasteiger partial charge in [-0.2, -0.15) is 0 Å². The molecule has 1 saturated heterocycles. The van der Waals surface area contributed by atoms with Crippen LogP contribution in [0.1, 0.15) is 54.7 Å². The quantitative estimate of drug-likeness (QED) is 0.547. The molecule has 1 aliphatic heterocycles. The maximum absolute atomic E-state index is 13.3. The second-order valence-corrected chi connectivity index (χ2v) is 11.7. The highest BCUT2D eigenvalue weighted by Crippen LogP contribution is 2.40. The summed E-state index contributed by atoms with van der Waals surface area (Å²) in [5.74, 6) is 0.268. The van der Waals surface area contributed by atoms with Gasteiger partial charge in [0.2, 0.25) is 15.9 Å². The van der Waals surface area contributed by atoms with Crippen LogP contribution in [0.4, 0.5) is 4.39 Å². The Bertz CT molecular complexity index is 1220. The van der Waals surface area contributed by atoms with E-state index in [1.54, 1.807) is 32.0 Å². The standard InChI is InChI=1S/C26H36FN3O5S/c1-3-29(17-25(31)28-12-11-27)26(32)20-6-8-24-22(16-20)21-15-19(18-9-13-35-14-10-18)5-7-23(21)30(24)36(33,34)4-2/h6,8,16,18-19H,3-5,7,9-15,17H2,1-2H3,(H,28,31). The summed E-state index contributed by atoms with van der Waals surface area (Å²) in [5.41, 5.74) is 2.86. The van der Waals surface area contributed by atoms with E-state index in [4.69, 9.17) is 4.74 Å². The highest BCUT2D eigenvalue weighted by molar-refractivity contribution is 7.90. The van der Waals surface area contributed by atoms with Gasteiger partial charge in [0.05, 0.1) is 17.8 Å². The molecule has 1 atom stereocenters. The van der Waals surface area contributed by atoms with Crippen LogP contribution in [0.5, 0.6) is 0 Å². The molecule has 1 fully saturated rings. The molecule has 0 radical (unpaired) electrons. The first kappa shape index (κ1) is 26.6. The number of amides is 2. The summed E-state index contributed by atoms with van der Waals surface area (Å²) in [6, 6.07) is 5.14. The van der Waals surface area contributed by atoms with E-state index >= 15 is 0 Å². The molecule has 1 aliphatic carbocycles. The van der Waals surface area contributed by atoms with Crippen LogP contribution in [0, 0.1) is 11.8 Å². The lowest BCUT2D eigenvalue weighted by Crippen LogP contribution is -2.41. The Kier molecular flexibility index (Phi) is 8.34. The normalized spacial score (nSPS) is 18.7. The van der Waals surface area contributed by atoms with Crippen molar-refractivity contribution in [1.82, 2.24) is 14.2 Å². The molecule has 10 heteroatoms. The van der Waals surface area contributed by atoms with Crippen molar-refractivity contribution in [3.63, 3.8) is 0 Å². The van der Waals surface area contributed by atoms with Gasteiger partial charge in [-0.25, -0.2) is 16.8 Å². The number of nitrogens with one attached hydrogen (secondary N) is 1. The van der Waals surface area contributed by atoms with E-state index in [0.29, 0.717) is 35.9 Å². The van der Waals surface area contributed by atoms with Crippen LogP contribution in [0.15, 0.2) is 18.2 Å². The third-order valence-corrected chi connectivity index (χ3v) is 9.30. The zero-order chi connectivity index (χ0) is 25.9. The number of rotatable bonds is 9. The predicted molar refractivity (Wildman–Crippen MR) is 136 cm³/mol. The first-order valence-electron chi connectivity index (χ1n) is 12.9. The predicted octanol–water partition coefficient (Wildman–Crippen LogP) is 2.92. The van der Waals surface area contributed by atoms with Crippen LogP contribution in [0.3, 0.4) is 0 Å². The molecule has 0 spiro atoms. The highest BCUT2D eigenvalue weighted by atomic mass is 32.2. The summed E-state index contributed by atoms with van der Waals surface area (Å²) in [6.45, 7) is 4.36. The number of likely N-dealkylation sites (N-methyl/N-ethyl adjacent to an activating group) is 1. The molecule has 1 N–H and O–H groups in total. The number of carbonyl (C=O) groups excluding carboxylic acids is 2. The number of hydrogen-bond donors (Lipinski definition) is 1. The number of fused-ring (bicyclic) bond motifs is 3. The number of alkyl halides is 1. The van der Waals surface area contributed by atoms with Crippen molar-refractivity contribution in [3.8, 4) is 0 Å². The van der Waals surface area contributed by atoms with Gasteiger partial charge in [-0.05, 0) is 81.5 Å². The molecule has 36 heavy (non-hydrogen) atoms. The van der Waals surface area contributed by atoms with Crippen molar-refractivity contribution in [1.29, 1.82) is 0 Å². The van der Waals surface area contributed by atoms with Crippen LogP contribution in [0.25, 0.3) is 10.9 Å². The summed E-state index contributed by atoms with van der Waals surface area (Å²) in [5, 5.41) is 3.24. The van der Waals surface area contributed by atoms with Crippen LogP contribution in [-0.2, 0) is 32.4 Å². The van der Waals surface area contributed by atoms with Crippen molar-refractivity contribution in [2.45, 2.75) is 46.0 Å². The minimum absolute atomic E-state index is 0.00903. The second-order valence-electron chi connectivity index (χ2n) is 9.63. The zero-order valence-electron chi connectivity index (χ0n) is 21.1. The molecule has 2 aliphatic rings. The van der Waals surface area contributed by atoms with E-state index in [1.165, 1.54) is 8.87 Å². The maximum atomic E-state index is 13.3. The first-order valence-corrected chi connectivity index (χ1v) is 14.5. The van der Waals surface area contributed by atoms with Gasteiger partial charge in [-0.15, -0.1) is 0 Å². The molecular formula is C26H36FN3O5S. The fraction of sp³-hybridized carbons (Fsp3) is 0.615. The number of nitrogens with zero attached hydrogens (tertiary/aromatic N) is 2. The Morgan fingerprint density at radius 2 is 1.92 bits per heavy atom. The SMILES string of the molecule is CCN(CC(=O)NCCF)C(=O)c1ccc2c(c1)c1c(n2S(=O)(=O)CC)CCC(C2CCOCC2)C1. The van der Waals surface area contributed by atoms with Crippen LogP contribution >= 0.6 is 0 Å². The largest absolute Gasteiger partial charge is 0.381 e. The molecule has 2 amide bonds. The Hall–Kier alpha value is -2.46.